The molecule has 1 amide bonds. The zero-order valence-corrected chi connectivity index (χ0v) is 13.3. The Morgan fingerprint density at radius 1 is 1.50 bits per heavy atom. The number of amides is 1. The van der Waals surface area contributed by atoms with Crippen LogP contribution in [0.4, 0.5) is 4.79 Å². The summed E-state index contributed by atoms with van der Waals surface area (Å²) in [6.07, 6.45) is 1.42. The van der Waals surface area contributed by atoms with E-state index in [2.05, 4.69) is 4.98 Å². The van der Waals surface area contributed by atoms with Crippen LogP contribution in [-0.2, 0) is 14.6 Å². The summed E-state index contributed by atoms with van der Waals surface area (Å²) in [5.74, 6) is 0. The lowest BCUT2D eigenvalue weighted by molar-refractivity contribution is 0.0295. The molecule has 1 saturated heterocycles. The Morgan fingerprint density at radius 2 is 2.20 bits per heavy atom. The third-order valence-corrected chi connectivity index (χ3v) is 6.29. The molecule has 1 atom stereocenters. The van der Waals surface area contributed by atoms with E-state index >= 15 is 0 Å². The van der Waals surface area contributed by atoms with Gasteiger partial charge in [0, 0.05) is 24.7 Å². The first-order valence-electron chi connectivity index (χ1n) is 6.31. The van der Waals surface area contributed by atoms with Gasteiger partial charge in [0.05, 0.1) is 5.25 Å². The minimum absolute atomic E-state index is 0.119. The molecule has 0 spiro atoms. The van der Waals surface area contributed by atoms with Gasteiger partial charge >= 0.3 is 6.09 Å². The van der Waals surface area contributed by atoms with Crippen molar-refractivity contribution in [1.82, 2.24) is 9.88 Å². The predicted octanol–water partition coefficient (Wildman–Crippen LogP) is 1.93. The summed E-state index contributed by atoms with van der Waals surface area (Å²) < 4.78 is 30.0. The zero-order chi connectivity index (χ0) is 15.0. The van der Waals surface area contributed by atoms with Crippen LogP contribution >= 0.6 is 11.3 Å². The summed E-state index contributed by atoms with van der Waals surface area (Å²) in [4.78, 5) is 17.2. The molecule has 2 rings (SSSR count). The molecule has 20 heavy (non-hydrogen) atoms. The maximum Gasteiger partial charge on any atom is 0.410 e. The van der Waals surface area contributed by atoms with Gasteiger partial charge in [0.2, 0.25) is 14.2 Å². The van der Waals surface area contributed by atoms with Crippen molar-refractivity contribution in [1.29, 1.82) is 0 Å². The fourth-order valence-electron chi connectivity index (χ4n) is 1.97. The van der Waals surface area contributed by atoms with Crippen molar-refractivity contribution in [2.45, 2.75) is 42.4 Å². The fraction of sp³-hybridized carbons (Fsp3) is 0.667. The number of nitrogens with zero attached hydrogens (tertiary/aromatic N) is 2. The molecule has 8 heteroatoms. The Labute approximate surface area is 122 Å². The van der Waals surface area contributed by atoms with Gasteiger partial charge in [-0.2, -0.15) is 0 Å². The summed E-state index contributed by atoms with van der Waals surface area (Å²) in [6.45, 7) is 5.90. The number of carbonyl (C=O) groups excluding carboxylic acids is 1. The van der Waals surface area contributed by atoms with Crippen LogP contribution in [-0.4, -0.2) is 48.3 Å². The highest BCUT2D eigenvalue weighted by molar-refractivity contribution is 7.93. The molecule has 0 N–H and O–H groups in total. The molecule has 0 saturated carbocycles. The van der Waals surface area contributed by atoms with Crippen molar-refractivity contribution in [2.24, 2.45) is 0 Å². The molecule has 112 valence electrons. The molecule has 6 nitrogen and oxygen atoms in total. The lowest BCUT2D eigenvalue weighted by atomic mass is 10.2. The van der Waals surface area contributed by atoms with Crippen LogP contribution in [0.25, 0.3) is 0 Å². The van der Waals surface area contributed by atoms with Gasteiger partial charge in [-0.25, -0.2) is 18.2 Å². The number of likely N-dealkylation sites (tertiary alicyclic amines) is 1. The van der Waals surface area contributed by atoms with Gasteiger partial charge in [-0.3, -0.25) is 0 Å². The average molecular weight is 318 g/mol. The zero-order valence-electron chi connectivity index (χ0n) is 11.7. The molecule has 0 bridgehead atoms. The minimum atomic E-state index is -3.45. The van der Waals surface area contributed by atoms with Crippen molar-refractivity contribution in [3.8, 4) is 0 Å². The minimum Gasteiger partial charge on any atom is -0.444 e. The normalized spacial score (nSPS) is 20.1. The number of rotatable bonds is 2. The molecule has 2 heterocycles. The highest BCUT2D eigenvalue weighted by Crippen LogP contribution is 2.26. The largest absolute Gasteiger partial charge is 0.444 e. The molecule has 1 aromatic rings. The first-order chi connectivity index (χ1) is 9.20. The van der Waals surface area contributed by atoms with E-state index in [1.54, 1.807) is 26.2 Å². The molecule has 1 aliphatic rings. The van der Waals surface area contributed by atoms with Crippen LogP contribution in [0.3, 0.4) is 0 Å². The predicted molar refractivity (Wildman–Crippen MR) is 75.5 cm³/mol. The highest BCUT2D eigenvalue weighted by Gasteiger charge is 2.38. The number of carbonyl (C=O) groups is 1. The summed E-state index contributed by atoms with van der Waals surface area (Å²) in [7, 11) is -3.45. The first kappa shape index (κ1) is 15.2. The van der Waals surface area contributed by atoms with Crippen molar-refractivity contribution in [2.75, 3.05) is 13.1 Å². The summed E-state index contributed by atoms with van der Waals surface area (Å²) in [5, 5.41) is 1.04. The van der Waals surface area contributed by atoms with Gasteiger partial charge in [0.1, 0.15) is 5.60 Å². The molecule has 1 unspecified atom stereocenters. The number of ether oxygens (including phenoxy) is 1. The Morgan fingerprint density at radius 3 is 2.75 bits per heavy atom. The van der Waals surface area contributed by atoms with E-state index in [9.17, 15) is 13.2 Å². The van der Waals surface area contributed by atoms with E-state index in [0.717, 1.165) is 11.3 Å². The van der Waals surface area contributed by atoms with E-state index in [-0.39, 0.29) is 10.9 Å². The number of sulfone groups is 1. The van der Waals surface area contributed by atoms with E-state index in [1.165, 1.54) is 11.1 Å². The SMILES string of the molecule is CC(C)(C)OC(=O)N1CCC(S(=O)(=O)c2nccs2)C1. The van der Waals surface area contributed by atoms with Gasteiger partial charge in [0.15, 0.2) is 0 Å². The van der Waals surface area contributed by atoms with Crippen molar-refractivity contribution in [3.05, 3.63) is 11.6 Å². The molecule has 1 aromatic heterocycles. The van der Waals surface area contributed by atoms with Crippen LogP contribution < -0.4 is 0 Å². The Balaban J connectivity index is 2.05. The average Bonchev–Trinajstić information content (AvgIpc) is 2.99. The van der Waals surface area contributed by atoms with Crippen LogP contribution in [0.1, 0.15) is 27.2 Å². The van der Waals surface area contributed by atoms with E-state index in [1.807, 2.05) is 0 Å². The third kappa shape index (κ3) is 3.29. The second-order valence-electron chi connectivity index (χ2n) is 5.68. The van der Waals surface area contributed by atoms with Gasteiger partial charge in [-0.05, 0) is 27.2 Å². The number of aromatic nitrogens is 1. The van der Waals surface area contributed by atoms with Gasteiger partial charge in [-0.15, -0.1) is 11.3 Å². The molecule has 0 aliphatic carbocycles. The smallest absolute Gasteiger partial charge is 0.410 e. The van der Waals surface area contributed by atoms with Gasteiger partial charge in [-0.1, -0.05) is 0 Å². The molecule has 1 aliphatic heterocycles. The van der Waals surface area contributed by atoms with Crippen molar-refractivity contribution < 1.29 is 17.9 Å². The number of thiazole rings is 1. The maximum absolute atomic E-state index is 12.3. The topological polar surface area (TPSA) is 76.6 Å². The molecular weight excluding hydrogens is 300 g/mol. The molecule has 0 radical (unpaired) electrons. The third-order valence-electron chi connectivity index (χ3n) is 2.89. The van der Waals surface area contributed by atoms with E-state index < -0.39 is 26.8 Å². The standard InChI is InChI=1S/C12H18N2O4S2/c1-12(2,3)18-11(15)14-6-4-9(8-14)20(16,17)10-13-5-7-19-10/h5,7,9H,4,6,8H2,1-3H3. The van der Waals surface area contributed by atoms with Crippen molar-refractivity contribution in [3.63, 3.8) is 0 Å². The Hall–Kier alpha value is -1.15. The highest BCUT2D eigenvalue weighted by atomic mass is 32.2. The van der Waals surface area contributed by atoms with Crippen molar-refractivity contribution >= 4 is 27.3 Å². The summed E-state index contributed by atoms with van der Waals surface area (Å²) in [6, 6.07) is 0. The molecule has 0 aromatic carbocycles. The van der Waals surface area contributed by atoms with Crippen LogP contribution in [0, 0.1) is 0 Å². The van der Waals surface area contributed by atoms with Gasteiger partial charge in [0.25, 0.3) is 0 Å². The maximum atomic E-state index is 12.3. The quantitative estimate of drug-likeness (QED) is 0.832. The van der Waals surface area contributed by atoms with Crippen LogP contribution in [0.5, 0.6) is 0 Å². The second-order valence-corrected chi connectivity index (χ2v) is 8.98. The lowest BCUT2D eigenvalue weighted by Crippen LogP contribution is -2.36. The monoisotopic (exact) mass is 318 g/mol. The number of hydrogen-bond acceptors (Lipinski definition) is 6. The molecule has 1 fully saturated rings. The lowest BCUT2D eigenvalue weighted by Gasteiger charge is -2.24. The Bertz CT molecular complexity index is 575. The van der Waals surface area contributed by atoms with Crippen LogP contribution in [0.15, 0.2) is 15.9 Å². The Kier molecular flexibility index (Phi) is 4.06. The fourth-order valence-corrected chi connectivity index (χ4v) is 4.72. The summed E-state index contributed by atoms with van der Waals surface area (Å²) in [5.41, 5.74) is -0.580. The van der Waals surface area contributed by atoms with Gasteiger partial charge < -0.3 is 9.64 Å². The second kappa shape index (κ2) is 5.33. The van der Waals surface area contributed by atoms with E-state index in [0.29, 0.717) is 13.0 Å². The summed E-state index contributed by atoms with van der Waals surface area (Å²) >= 11 is 1.10. The van der Waals surface area contributed by atoms with E-state index in [4.69, 9.17) is 4.74 Å². The molecular formula is C12H18N2O4S2. The van der Waals surface area contributed by atoms with Crippen LogP contribution in [0.2, 0.25) is 0 Å². The first-order valence-corrected chi connectivity index (χ1v) is 8.74. The number of hydrogen-bond donors (Lipinski definition) is 0.